The molecule has 3 N–H and O–H groups in total. The lowest BCUT2D eigenvalue weighted by Crippen LogP contribution is -2.47. The fraction of sp³-hybridized carbons (Fsp3) is 0.571. The molecule has 1 amide bonds. The fourth-order valence-electron chi connectivity index (χ4n) is 2.17. The zero-order valence-corrected chi connectivity index (χ0v) is 12.6. The molecule has 0 spiro atoms. The molecule has 1 unspecified atom stereocenters. The van der Waals surface area contributed by atoms with Gasteiger partial charge in [0.2, 0.25) is 11.5 Å². The highest BCUT2D eigenvalue weighted by Crippen LogP contribution is 2.40. The van der Waals surface area contributed by atoms with Crippen LogP contribution in [0.2, 0.25) is 0 Å². The Labute approximate surface area is 135 Å². The second-order valence-electron chi connectivity index (χ2n) is 5.46. The van der Waals surface area contributed by atoms with Crippen LogP contribution in [-0.4, -0.2) is 39.4 Å². The molecule has 0 saturated heterocycles. The van der Waals surface area contributed by atoms with Crippen molar-refractivity contribution in [1.82, 2.24) is 15.3 Å². The molecule has 7 nitrogen and oxygen atoms in total. The Balaban J connectivity index is 1.89. The van der Waals surface area contributed by atoms with Crippen LogP contribution in [0.4, 0.5) is 13.2 Å². The summed E-state index contributed by atoms with van der Waals surface area (Å²) < 4.78 is 39.4. The van der Waals surface area contributed by atoms with Crippen molar-refractivity contribution >= 4 is 5.91 Å². The number of amides is 1. The summed E-state index contributed by atoms with van der Waals surface area (Å²) in [5.74, 6) is 0.758. The van der Waals surface area contributed by atoms with E-state index in [2.05, 4.69) is 31.4 Å². The standard InChI is InChI=1S/C14H16F3N5O2/c1-2-3-4-12(21-22-12)5-6-18-10(23)9-13(24,14(15,16)17)11-19-7-8-20-11/h1,7-8,24H,3-6,9H2,(H,18,23)(H,19,20). The molecule has 0 radical (unpaired) electrons. The number of nitrogens with one attached hydrogen (secondary N) is 2. The predicted octanol–water partition coefficient (Wildman–Crippen LogP) is 1.63. The predicted molar refractivity (Wildman–Crippen MR) is 76.4 cm³/mol. The topological polar surface area (TPSA) is 103 Å². The second-order valence-corrected chi connectivity index (χ2v) is 5.46. The molecule has 0 saturated carbocycles. The van der Waals surface area contributed by atoms with Crippen LogP contribution in [0.5, 0.6) is 0 Å². The monoisotopic (exact) mass is 343 g/mol. The molecule has 0 aliphatic carbocycles. The summed E-state index contributed by atoms with van der Waals surface area (Å²) >= 11 is 0. The van der Waals surface area contributed by atoms with Gasteiger partial charge in [0.25, 0.3) is 0 Å². The number of terminal acetylenes is 1. The van der Waals surface area contributed by atoms with Gasteiger partial charge in [0, 0.05) is 38.2 Å². The Hall–Kier alpha value is -2.41. The molecule has 1 aromatic heterocycles. The van der Waals surface area contributed by atoms with Crippen molar-refractivity contribution in [3.8, 4) is 12.3 Å². The number of alkyl halides is 3. The summed E-state index contributed by atoms with van der Waals surface area (Å²) in [5.41, 5.74) is -4.02. The number of aromatic amines is 1. The molecule has 1 aliphatic rings. The van der Waals surface area contributed by atoms with Gasteiger partial charge < -0.3 is 15.4 Å². The lowest BCUT2D eigenvalue weighted by atomic mass is 9.97. The first kappa shape index (κ1) is 17.9. The van der Waals surface area contributed by atoms with Gasteiger partial charge in [0.05, 0.1) is 6.42 Å². The highest BCUT2D eigenvalue weighted by atomic mass is 19.4. The summed E-state index contributed by atoms with van der Waals surface area (Å²) in [5, 5.41) is 20.0. The molecule has 2 heterocycles. The molecular formula is C14H16F3N5O2. The minimum absolute atomic E-state index is 0.0719. The third-order valence-corrected chi connectivity index (χ3v) is 3.68. The molecule has 24 heavy (non-hydrogen) atoms. The number of imidazole rings is 1. The van der Waals surface area contributed by atoms with E-state index in [0.717, 1.165) is 12.4 Å². The quantitative estimate of drug-likeness (QED) is 0.625. The largest absolute Gasteiger partial charge is 0.425 e. The highest BCUT2D eigenvalue weighted by molar-refractivity contribution is 5.77. The van der Waals surface area contributed by atoms with Gasteiger partial charge in [-0.3, -0.25) is 4.79 Å². The molecule has 130 valence electrons. The Kier molecular flexibility index (Phi) is 4.94. The number of carbonyl (C=O) groups is 1. The number of aliphatic hydroxyl groups is 1. The summed E-state index contributed by atoms with van der Waals surface area (Å²) in [4.78, 5) is 17.4. The molecule has 10 heteroatoms. The maximum absolute atomic E-state index is 13.1. The van der Waals surface area contributed by atoms with Crippen LogP contribution in [0.15, 0.2) is 22.6 Å². The van der Waals surface area contributed by atoms with Crippen LogP contribution in [0, 0.1) is 12.3 Å². The lowest BCUT2D eigenvalue weighted by Gasteiger charge is -2.28. The molecule has 2 rings (SSSR count). The smallest absolute Gasteiger partial charge is 0.374 e. The average molecular weight is 343 g/mol. The number of hydrogen-bond acceptors (Lipinski definition) is 5. The van der Waals surface area contributed by atoms with Crippen LogP contribution in [-0.2, 0) is 10.4 Å². The summed E-state index contributed by atoms with van der Waals surface area (Å²) in [6, 6.07) is 0. The van der Waals surface area contributed by atoms with Crippen LogP contribution < -0.4 is 5.32 Å². The van der Waals surface area contributed by atoms with Crippen LogP contribution in [0.1, 0.15) is 31.5 Å². The van der Waals surface area contributed by atoms with E-state index in [1.165, 1.54) is 0 Å². The first-order chi connectivity index (χ1) is 11.2. The molecular weight excluding hydrogens is 327 g/mol. The maximum atomic E-state index is 13.1. The van der Waals surface area contributed by atoms with Crippen molar-refractivity contribution in [2.45, 2.75) is 43.1 Å². The maximum Gasteiger partial charge on any atom is 0.425 e. The normalized spacial score (nSPS) is 17.8. The Morgan fingerprint density at radius 3 is 2.62 bits per heavy atom. The average Bonchev–Trinajstić information content (AvgIpc) is 3.04. The summed E-state index contributed by atoms with van der Waals surface area (Å²) in [6.45, 7) is 0.0719. The van der Waals surface area contributed by atoms with Gasteiger partial charge >= 0.3 is 6.18 Å². The molecule has 0 bridgehead atoms. The number of nitrogens with zero attached hydrogens (tertiary/aromatic N) is 3. The molecule has 0 aromatic carbocycles. The SMILES string of the molecule is C#CCCC1(CCNC(=O)CC(O)(c2ncc[nH]2)C(F)(F)F)N=N1. The molecule has 0 fully saturated rings. The van der Waals surface area contributed by atoms with Gasteiger partial charge in [-0.05, 0) is 0 Å². The van der Waals surface area contributed by atoms with Gasteiger partial charge in [-0.15, -0.1) is 12.3 Å². The van der Waals surface area contributed by atoms with Gasteiger partial charge in [0.15, 0.2) is 5.66 Å². The first-order valence-electron chi connectivity index (χ1n) is 7.16. The molecule has 1 aromatic rings. The summed E-state index contributed by atoms with van der Waals surface area (Å²) in [6.07, 6.45) is 2.42. The first-order valence-corrected chi connectivity index (χ1v) is 7.16. The highest BCUT2D eigenvalue weighted by Gasteiger charge is 2.58. The third-order valence-electron chi connectivity index (χ3n) is 3.68. The van der Waals surface area contributed by atoms with E-state index in [-0.39, 0.29) is 6.54 Å². The number of rotatable bonds is 8. The van der Waals surface area contributed by atoms with Gasteiger partial charge in [-0.2, -0.15) is 23.4 Å². The van der Waals surface area contributed by atoms with Crippen molar-refractivity contribution in [3.63, 3.8) is 0 Å². The van der Waals surface area contributed by atoms with E-state index in [1.54, 1.807) is 0 Å². The van der Waals surface area contributed by atoms with Crippen LogP contribution in [0.3, 0.4) is 0 Å². The van der Waals surface area contributed by atoms with Gasteiger partial charge in [0.1, 0.15) is 5.82 Å². The number of H-pyrrole nitrogens is 1. The van der Waals surface area contributed by atoms with E-state index in [9.17, 15) is 23.1 Å². The molecule has 1 atom stereocenters. The van der Waals surface area contributed by atoms with Gasteiger partial charge in [-0.1, -0.05) is 0 Å². The van der Waals surface area contributed by atoms with Crippen LogP contribution in [0.25, 0.3) is 0 Å². The molecule has 1 aliphatic heterocycles. The van der Waals surface area contributed by atoms with E-state index < -0.39 is 35.6 Å². The minimum atomic E-state index is -5.06. The van der Waals surface area contributed by atoms with E-state index in [0.29, 0.717) is 19.3 Å². The van der Waals surface area contributed by atoms with Crippen molar-refractivity contribution < 1.29 is 23.1 Å². The Morgan fingerprint density at radius 2 is 2.12 bits per heavy atom. The number of aromatic nitrogens is 2. The van der Waals surface area contributed by atoms with Crippen molar-refractivity contribution in [1.29, 1.82) is 0 Å². The Bertz CT molecular complexity index is 644. The lowest BCUT2D eigenvalue weighted by molar-refractivity contribution is -0.270. The zero-order valence-electron chi connectivity index (χ0n) is 12.6. The van der Waals surface area contributed by atoms with E-state index >= 15 is 0 Å². The Morgan fingerprint density at radius 1 is 1.42 bits per heavy atom. The van der Waals surface area contributed by atoms with Crippen molar-refractivity contribution in [3.05, 3.63) is 18.2 Å². The fourth-order valence-corrected chi connectivity index (χ4v) is 2.17. The second kappa shape index (κ2) is 6.60. The minimum Gasteiger partial charge on any atom is -0.374 e. The van der Waals surface area contributed by atoms with E-state index in [4.69, 9.17) is 6.42 Å². The van der Waals surface area contributed by atoms with Crippen LogP contribution >= 0.6 is 0 Å². The zero-order chi connectivity index (χ0) is 17.8. The van der Waals surface area contributed by atoms with Gasteiger partial charge in [-0.25, -0.2) is 4.98 Å². The van der Waals surface area contributed by atoms with Crippen molar-refractivity contribution in [2.24, 2.45) is 10.2 Å². The summed E-state index contributed by atoms with van der Waals surface area (Å²) in [7, 11) is 0. The number of hydrogen-bond donors (Lipinski definition) is 3. The third kappa shape index (κ3) is 3.91. The van der Waals surface area contributed by atoms with E-state index in [1.807, 2.05) is 0 Å². The number of halogens is 3. The van der Waals surface area contributed by atoms with Crippen molar-refractivity contribution in [2.75, 3.05) is 6.54 Å². The number of carbonyl (C=O) groups excluding carboxylic acids is 1.